The maximum absolute atomic E-state index is 6.25. The van der Waals surface area contributed by atoms with Crippen molar-refractivity contribution < 1.29 is 4.42 Å². The van der Waals surface area contributed by atoms with Crippen molar-refractivity contribution in [1.29, 1.82) is 0 Å². The van der Waals surface area contributed by atoms with Crippen molar-refractivity contribution in [2.75, 3.05) is 0 Å². The summed E-state index contributed by atoms with van der Waals surface area (Å²) in [5, 5.41) is 3.61. The summed E-state index contributed by atoms with van der Waals surface area (Å²) in [6, 6.07) is 31.0. The number of hydrogen-bond acceptors (Lipinski definition) is 3. The zero-order valence-electron chi connectivity index (χ0n) is 15.8. The van der Waals surface area contributed by atoms with Crippen LogP contribution in [-0.4, -0.2) is 9.97 Å². The van der Waals surface area contributed by atoms with E-state index >= 15 is 0 Å². The number of benzene rings is 4. The molecule has 0 aliphatic heterocycles. The van der Waals surface area contributed by atoms with E-state index in [9.17, 15) is 0 Å². The molecule has 0 radical (unpaired) electrons. The molecule has 0 amide bonds. The molecule has 0 bridgehead atoms. The second-order valence-corrected chi connectivity index (χ2v) is 7.59. The highest BCUT2D eigenvalue weighted by Gasteiger charge is 2.16. The van der Waals surface area contributed by atoms with Gasteiger partial charge in [-0.25, -0.2) is 9.97 Å². The van der Waals surface area contributed by atoms with Gasteiger partial charge in [-0.3, -0.25) is 0 Å². The summed E-state index contributed by atoms with van der Waals surface area (Å²) in [7, 11) is 0. The quantitative estimate of drug-likeness (QED) is 0.279. The molecular weight excluding hydrogens is 392 g/mol. The standard InChI is InChI=1S/C26H15ClN2O/c27-26-28-23(25-24(29-26)21-7-3-4-8-22(21)30-25)18-12-9-17(10-13-18)20-14-11-16-5-1-2-6-19(16)15-20/h1-15H. The van der Waals surface area contributed by atoms with E-state index in [4.69, 9.17) is 16.0 Å². The molecule has 2 aromatic heterocycles. The molecule has 0 unspecified atom stereocenters. The lowest BCUT2D eigenvalue weighted by Crippen LogP contribution is -1.89. The van der Waals surface area contributed by atoms with Crippen LogP contribution in [0.25, 0.3) is 55.2 Å². The molecule has 6 aromatic rings. The molecule has 0 atom stereocenters. The van der Waals surface area contributed by atoms with Crippen molar-refractivity contribution in [2.24, 2.45) is 0 Å². The number of fused-ring (bicyclic) bond motifs is 4. The summed E-state index contributed by atoms with van der Waals surface area (Å²) in [4.78, 5) is 8.88. The second kappa shape index (κ2) is 6.68. The minimum atomic E-state index is 0.211. The number of rotatable bonds is 2. The average Bonchev–Trinajstić information content (AvgIpc) is 3.17. The third kappa shape index (κ3) is 2.75. The van der Waals surface area contributed by atoms with Crippen LogP contribution in [0.4, 0.5) is 0 Å². The van der Waals surface area contributed by atoms with Crippen LogP contribution in [0, 0.1) is 0 Å². The zero-order chi connectivity index (χ0) is 20.1. The fourth-order valence-electron chi connectivity index (χ4n) is 3.95. The lowest BCUT2D eigenvalue weighted by molar-refractivity contribution is 0.667. The molecule has 30 heavy (non-hydrogen) atoms. The lowest BCUT2D eigenvalue weighted by Gasteiger charge is -2.07. The van der Waals surface area contributed by atoms with Crippen LogP contribution in [0.3, 0.4) is 0 Å². The van der Waals surface area contributed by atoms with Gasteiger partial charge in [0, 0.05) is 10.9 Å². The first-order valence-electron chi connectivity index (χ1n) is 9.71. The molecular formula is C26H15ClN2O. The Morgan fingerprint density at radius 2 is 1.33 bits per heavy atom. The number of para-hydroxylation sites is 1. The Labute approximate surface area is 177 Å². The molecule has 142 valence electrons. The van der Waals surface area contributed by atoms with E-state index in [2.05, 4.69) is 76.7 Å². The Balaban J connectivity index is 1.47. The van der Waals surface area contributed by atoms with Crippen LogP contribution in [0.1, 0.15) is 0 Å². The number of aromatic nitrogens is 2. The predicted molar refractivity (Wildman–Crippen MR) is 123 cm³/mol. The topological polar surface area (TPSA) is 38.9 Å². The van der Waals surface area contributed by atoms with Crippen LogP contribution in [0.2, 0.25) is 5.28 Å². The van der Waals surface area contributed by atoms with Gasteiger partial charge < -0.3 is 4.42 Å². The van der Waals surface area contributed by atoms with Gasteiger partial charge in [-0.1, -0.05) is 72.8 Å². The summed E-state index contributed by atoms with van der Waals surface area (Å²) in [5.41, 5.74) is 6.12. The number of nitrogens with zero attached hydrogens (tertiary/aromatic N) is 2. The molecule has 0 saturated heterocycles. The highest BCUT2D eigenvalue weighted by Crippen LogP contribution is 2.35. The van der Waals surface area contributed by atoms with Crippen molar-refractivity contribution in [2.45, 2.75) is 0 Å². The summed E-state index contributed by atoms with van der Waals surface area (Å²) in [6.45, 7) is 0. The fourth-order valence-corrected chi connectivity index (χ4v) is 4.12. The van der Waals surface area contributed by atoms with Crippen molar-refractivity contribution in [3.8, 4) is 22.4 Å². The van der Waals surface area contributed by atoms with Crippen molar-refractivity contribution in [1.82, 2.24) is 9.97 Å². The molecule has 0 aliphatic rings. The van der Waals surface area contributed by atoms with E-state index in [0.29, 0.717) is 11.3 Å². The Bertz CT molecular complexity index is 1550. The second-order valence-electron chi connectivity index (χ2n) is 7.26. The molecule has 3 nitrogen and oxygen atoms in total. The molecule has 0 fully saturated rings. The molecule has 4 aromatic carbocycles. The van der Waals surface area contributed by atoms with Crippen LogP contribution in [0.5, 0.6) is 0 Å². The zero-order valence-corrected chi connectivity index (χ0v) is 16.6. The van der Waals surface area contributed by atoms with Gasteiger partial charge in [0.05, 0.1) is 0 Å². The first-order valence-corrected chi connectivity index (χ1v) is 10.1. The van der Waals surface area contributed by atoms with Gasteiger partial charge in [-0.2, -0.15) is 0 Å². The minimum Gasteiger partial charge on any atom is -0.452 e. The van der Waals surface area contributed by atoms with Crippen molar-refractivity contribution >= 4 is 44.4 Å². The Kier molecular flexibility index (Phi) is 3.83. The van der Waals surface area contributed by atoms with E-state index in [1.165, 1.54) is 16.3 Å². The molecule has 0 spiro atoms. The van der Waals surface area contributed by atoms with Crippen molar-refractivity contribution in [3.05, 3.63) is 96.3 Å². The van der Waals surface area contributed by atoms with Gasteiger partial charge in [-0.15, -0.1) is 0 Å². The number of halogens is 1. The first kappa shape index (κ1) is 17.2. The largest absolute Gasteiger partial charge is 0.452 e. The molecule has 0 saturated carbocycles. The summed E-state index contributed by atoms with van der Waals surface area (Å²) in [5.74, 6) is 0. The third-order valence-corrected chi connectivity index (χ3v) is 5.60. The summed E-state index contributed by atoms with van der Waals surface area (Å²) >= 11 is 6.25. The maximum atomic E-state index is 6.25. The molecule has 4 heteroatoms. The normalized spacial score (nSPS) is 11.5. The Morgan fingerprint density at radius 1 is 0.633 bits per heavy atom. The summed E-state index contributed by atoms with van der Waals surface area (Å²) in [6.07, 6.45) is 0. The monoisotopic (exact) mass is 406 g/mol. The maximum Gasteiger partial charge on any atom is 0.223 e. The Morgan fingerprint density at radius 3 is 2.20 bits per heavy atom. The van der Waals surface area contributed by atoms with Gasteiger partial charge in [0.25, 0.3) is 0 Å². The van der Waals surface area contributed by atoms with Gasteiger partial charge >= 0.3 is 0 Å². The lowest BCUT2D eigenvalue weighted by atomic mass is 9.99. The molecule has 2 heterocycles. The van der Waals surface area contributed by atoms with E-state index in [1.54, 1.807) is 0 Å². The van der Waals surface area contributed by atoms with Gasteiger partial charge in [0.2, 0.25) is 5.28 Å². The first-order chi connectivity index (χ1) is 14.8. The fraction of sp³-hybridized carbons (Fsp3) is 0. The number of furan rings is 1. The molecule has 6 rings (SSSR count). The van der Waals surface area contributed by atoms with Crippen LogP contribution in [0.15, 0.2) is 95.4 Å². The SMILES string of the molecule is Clc1nc(-c2ccc(-c3ccc4ccccc4c3)cc2)c2oc3ccccc3c2n1. The van der Waals surface area contributed by atoms with E-state index in [0.717, 1.165) is 27.6 Å². The highest BCUT2D eigenvalue weighted by molar-refractivity contribution is 6.29. The van der Waals surface area contributed by atoms with Crippen LogP contribution >= 0.6 is 11.6 Å². The van der Waals surface area contributed by atoms with Gasteiger partial charge in [-0.05, 0) is 51.7 Å². The van der Waals surface area contributed by atoms with Crippen LogP contribution in [-0.2, 0) is 0 Å². The predicted octanol–water partition coefficient (Wildman–Crippen LogP) is 7.52. The summed E-state index contributed by atoms with van der Waals surface area (Å²) < 4.78 is 6.07. The highest BCUT2D eigenvalue weighted by atomic mass is 35.5. The van der Waals surface area contributed by atoms with E-state index in [-0.39, 0.29) is 5.28 Å². The van der Waals surface area contributed by atoms with E-state index < -0.39 is 0 Å². The Hall–Kier alpha value is -3.69. The molecule has 0 aliphatic carbocycles. The minimum absolute atomic E-state index is 0.211. The molecule has 0 N–H and O–H groups in total. The van der Waals surface area contributed by atoms with Crippen molar-refractivity contribution in [3.63, 3.8) is 0 Å². The smallest absolute Gasteiger partial charge is 0.223 e. The third-order valence-electron chi connectivity index (χ3n) is 5.43. The van der Waals surface area contributed by atoms with E-state index in [1.807, 2.05) is 24.3 Å². The van der Waals surface area contributed by atoms with Gasteiger partial charge in [0.1, 0.15) is 16.8 Å². The average molecular weight is 407 g/mol. The van der Waals surface area contributed by atoms with Crippen LogP contribution < -0.4 is 0 Å². The number of hydrogen-bond donors (Lipinski definition) is 0. The van der Waals surface area contributed by atoms with Gasteiger partial charge in [0.15, 0.2) is 5.58 Å².